The fourth-order valence-corrected chi connectivity index (χ4v) is 6.55. The van der Waals surface area contributed by atoms with E-state index in [0.717, 1.165) is 13.1 Å². The normalized spacial score (nSPS) is 23.1. The number of hydrogen-bond acceptors (Lipinski definition) is 6. The number of carbonyl (C=O) groups excluding carboxylic acids is 1. The summed E-state index contributed by atoms with van der Waals surface area (Å²) < 4.78 is 33.5. The van der Waals surface area contributed by atoms with Crippen LogP contribution in [0.5, 0.6) is 0 Å². The van der Waals surface area contributed by atoms with Gasteiger partial charge < -0.3 is 10.1 Å². The van der Waals surface area contributed by atoms with Crippen LogP contribution in [0.1, 0.15) is 48.7 Å². The minimum Gasteiger partial charge on any atom is -0.373 e. The molecule has 1 N–H and O–H groups in total. The third-order valence-electron chi connectivity index (χ3n) is 6.57. The molecule has 2 aliphatic rings. The third-order valence-corrected chi connectivity index (χ3v) is 8.40. The van der Waals surface area contributed by atoms with Crippen LogP contribution in [0.2, 0.25) is 0 Å². The first-order chi connectivity index (χ1) is 16.3. The number of nitrogens with zero attached hydrogens (tertiary/aromatic N) is 2. The van der Waals surface area contributed by atoms with Gasteiger partial charge in [0.2, 0.25) is 10.0 Å². The van der Waals surface area contributed by atoms with Crippen molar-refractivity contribution < 1.29 is 17.9 Å². The quantitative estimate of drug-likeness (QED) is 0.550. The Balaban J connectivity index is 1.41. The highest BCUT2D eigenvalue weighted by atomic mass is 32.2. The van der Waals surface area contributed by atoms with Gasteiger partial charge in [-0.2, -0.15) is 4.31 Å². The zero-order valence-corrected chi connectivity index (χ0v) is 20.8. The highest BCUT2D eigenvalue weighted by Gasteiger charge is 2.32. The number of hydrogen-bond donors (Lipinski definition) is 1. The predicted molar refractivity (Wildman–Crippen MR) is 132 cm³/mol. The summed E-state index contributed by atoms with van der Waals surface area (Å²) in [7, 11) is -3.69. The molecule has 2 aliphatic heterocycles. The van der Waals surface area contributed by atoms with E-state index in [1.54, 1.807) is 18.2 Å². The topological polar surface area (TPSA) is 79.0 Å². The zero-order valence-electron chi connectivity index (χ0n) is 20.0. The van der Waals surface area contributed by atoms with Crippen LogP contribution in [-0.4, -0.2) is 74.9 Å². The maximum atomic E-state index is 13.2. The van der Waals surface area contributed by atoms with Gasteiger partial charge in [-0.05, 0) is 57.5 Å². The molecule has 3 atom stereocenters. The fraction of sp³-hybridized carbons (Fsp3) is 0.500. The van der Waals surface area contributed by atoms with Gasteiger partial charge in [-0.3, -0.25) is 9.69 Å². The summed E-state index contributed by atoms with van der Waals surface area (Å²) in [5.41, 5.74) is 1.65. The molecule has 0 bridgehead atoms. The SMILES string of the molecule is CC1CN(S(=O)(=O)c2cccc(C(=O)CNCC(c3ccccc3)N3CCCC3)c2)CC(C)O1. The summed E-state index contributed by atoms with van der Waals surface area (Å²) in [6, 6.07) is 17.0. The van der Waals surface area contributed by atoms with Crippen molar-refractivity contribution in [2.24, 2.45) is 0 Å². The second-order valence-electron chi connectivity index (χ2n) is 9.33. The average molecular weight is 486 g/mol. The molecule has 0 radical (unpaired) electrons. The largest absolute Gasteiger partial charge is 0.373 e. The molecule has 0 aromatic heterocycles. The summed E-state index contributed by atoms with van der Waals surface area (Å²) in [5.74, 6) is -0.117. The maximum Gasteiger partial charge on any atom is 0.243 e. The molecule has 4 rings (SSSR count). The van der Waals surface area contributed by atoms with Crippen LogP contribution in [-0.2, 0) is 14.8 Å². The van der Waals surface area contributed by atoms with E-state index in [0.29, 0.717) is 25.2 Å². The molecule has 184 valence electrons. The average Bonchev–Trinajstić information content (AvgIpc) is 3.36. The molecule has 0 aliphatic carbocycles. The number of ketones is 1. The van der Waals surface area contributed by atoms with Crippen molar-refractivity contribution >= 4 is 15.8 Å². The minimum atomic E-state index is -3.69. The highest BCUT2D eigenvalue weighted by molar-refractivity contribution is 7.89. The Labute approximate surface area is 203 Å². The third kappa shape index (κ3) is 5.93. The summed E-state index contributed by atoms with van der Waals surface area (Å²) in [6.45, 7) is 7.31. The number of nitrogens with one attached hydrogen (secondary N) is 1. The van der Waals surface area contributed by atoms with Gasteiger partial charge in [-0.25, -0.2) is 8.42 Å². The van der Waals surface area contributed by atoms with Crippen molar-refractivity contribution in [3.05, 3.63) is 65.7 Å². The van der Waals surface area contributed by atoms with Crippen LogP contribution in [0.4, 0.5) is 0 Å². The van der Waals surface area contributed by atoms with E-state index in [9.17, 15) is 13.2 Å². The van der Waals surface area contributed by atoms with E-state index in [-0.39, 0.29) is 35.5 Å². The molecule has 2 fully saturated rings. The predicted octanol–water partition coefficient (Wildman–Crippen LogP) is 3.09. The van der Waals surface area contributed by atoms with E-state index in [2.05, 4.69) is 22.3 Å². The van der Waals surface area contributed by atoms with Crippen molar-refractivity contribution in [1.82, 2.24) is 14.5 Å². The van der Waals surface area contributed by atoms with Crippen molar-refractivity contribution in [2.75, 3.05) is 39.3 Å². The second kappa shape index (κ2) is 11.1. The molecule has 0 saturated carbocycles. The van der Waals surface area contributed by atoms with Gasteiger partial charge in [0.15, 0.2) is 5.78 Å². The van der Waals surface area contributed by atoms with Crippen LogP contribution in [0, 0.1) is 0 Å². The lowest BCUT2D eigenvalue weighted by atomic mass is 10.1. The number of benzene rings is 2. The van der Waals surface area contributed by atoms with Gasteiger partial charge in [0.05, 0.1) is 23.6 Å². The second-order valence-corrected chi connectivity index (χ2v) is 11.3. The lowest BCUT2D eigenvalue weighted by molar-refractivity contribution is -0.0440. The minimum absolute atomic E-state index is 0.117. The van der Waals surface area contributed by atoms with Crippen LogP contribution in [0.3, 0.4) is 0 Å². The molecule has 0 spiro atoms. The first-order valence-electron chi connectivity index (χ1n) is 12.1. The van der Waals surface area contributed by atoms with Crippen molar-refractivity contribution in [3.8, 4) is 0 Å². The van der Waals surface area contributed by atoms with E-state index in [4.69, 9.17) is 4.74 Å². The number of morpholine rings is 1. The fourth-order valence-electron chi connectivity index (χ4n) is 4.92. The van der Waals surface area contributed by atoms with Crippen LogP contribution < -0.4 is 5.32 Å². The molecule has 2 aromatic carbocycles. The summed E-state index contributed by atoms with van der Waals surface area (Å²) >= 11 is 0. The molecule has 8 heteroatoms. The van der Waals surface area contributed by atoms with Crippen LogP contribution in [0.15, 0.2) is 59.5 Å². The van der Waals surface area contributed by atoms with E-state index in [1.807, 2.05) is 32.0 Å². The Morgan fingerprint density at radius 1 is 1.03 bits per heavy atom. The number of ether oxygens (including phenoxy) is 1. The van der Waals surface area contributed by atoms with Crippen molar-refractivity contribution in [3.63, 3.8) is 0 Å². The lowest BCUT2D eigenvalue weighted by Gasteiger charge is -2.34. The van der Waals surface area contributed by atoms with Gasteiger partial charge in [-0.1, -0.05) is 42.5 Å². The molecular formula is C26H35N3O4S. The molecule has 34 heavy (non-hydrogen) atoms. The van der Waals surface area contributed by atoms with Crippen molar-refractivity contribution in [1.29, 1.82) is 0 Å². The summed E-state index contributed by atoms with van der Waals surface area (Å²) in [4.78, 5) is 15.6. The molecule has 2 aromatic rings. The summed E-state index contributed by atoms with van der Waals surface area (Å²) in [6.07, 6.45) is 2.07. The van der Waals surface area contributed by atoms with E-state index >= 15 is 0 Å². The van der Waals surface area contributed by atoms with Gasteiger partial charge in [0.25, 0.3) is 0 Å². The number of likely N-dealkylation sites (tertiary alicyclic amines) is 1. The molecule has 0 amide bonds. The Hall–Kier alpha value is -2.10. The monoisotopic (exact) mass is 485 g/mol. The highest BCUT2D eigenvalue weighted by Crippen LogP contribution is 2.25. The van der Waals surface area contributed by atoms with Gasteiger partial charge in [0.1, 0.15) is 0 Å². The first kappa shape index (κ1) is 25.0. The zero-order chi connectivity index (χ0) is 24.1. The van der Waals surface area contributed by atoms with E-state index in [1.165, 1.54) is 28.8 Å². The van der Waals surface area contributed by atoms with E-state index < -0.39 is 10.0 Å². The number of rotatable bonds is 9. The Morgan fingerprint density at radius 3 is 2.38 bits per heavy atom. The number of carbonyl (C=O) groups is 1. The molecule has 2 saturated heterocycles. The van der Waals surface area contributed by atoms with Crippen LogP contribution in [0.25, 0.3) is 0 Å². The van der Waals surface area contributed by atoms with Crippen LogP contribution >= 0.6 is 0 Å². The molecule has 7 nitrogen and oxygen atoms in total. The Bertz CT molecular complexity index is 1060. The molecule has 3 unspecified atom stereocenters. The lowest BCUT2D eigenvalue weighted by Crippen LogP contribution is -2.48. The van der Waals surface area contributed by atoms with Gasteiger partial charge in [-0.15, -0.1) is 0 Å². The number of sulfonamides is 1. The molecule has 2 heterocycles. The Morgan fingerprint density at radius 2 is 1.71 bits per heavy atom. The maximum absolute atomic E-state index is 13.2. The first-order valence-corrected chi connectivity index (χ1v) is 13.6. The number of Topliss-reactive ketones (excluding diaryl/α,β-unsaturated/α-hetero) is 1. The van der Waals surface area contributed by atoms with Gasteiger partial charge in [0, 0.05) is 31.2 Å². The summed E-state index contributed by atoms with van der Waals surface area (Å²) in [5, 5.41) is 3.32. The standard InChI is InChI=1S/C26H35N3O4S/c1-20-18-29(19-21(2)33-20)34(31,32)24-12-8-11-23(15-24)26(30)17-27-16-25(28-13-6-7-14-28)22-9-4-3-5-10-22/h3-5,8-12,15,20-21,25,27H,6-7,13-14,16-19H2,1-2H3. The Kier molecular flexibility index (Phi) is 8.16. The van der Waals surface area contributed by atoms with Gasteiger partial charge >= 0.3 is 0 Å². The smallest absolute Gasteiger partial charge is 0.243 e. The van der Waals surface area contributed by atoms with Crippen molar-refractivity contribution in [2.45, 2.75) is 49.8 Å². The molecular weight excluding hydrogens is 450 g/mol.